The summed E-state index contributed by atoms with van der Waals surface area (Å²) in [5, 5.41) is 7.49. The molecule has 19 heavy (non-hydrogen) atoms. The Morgan fingerprint density at radius 3 is 2.68 bits per heavy atom. The van der Waals surface area contributed by atoms with E-state index in [1.165, 1.54) is 0 Å². The molecule has 1 aliphatic heterocycles. The lowest BCUT2D eigenvalue weighted by Gasteiger charge is -2.24. The minimum atomic E-state index is 0. The number of carbonyl (C=O) groups is 1. The maximum absolute atomic E-state index is 12.6. The van der Waals surface area contributed by atoms with Crippen LogP contribution in [0.1, 0.15) is 34.6 Å². The summed E-state index contributed by atoms with van der Waals surface area (Å²) < 4.78 is 1.78. The second-order valence-electron chi connectivity index (χ2n) is 5.02. The van der Waals surface area contributed by atoms with E-state index in [0.29, 0.717) is 6.04 Å². The molecule has 1 aromatic rings. The number of hydrogen-bond donors (Lipinski definition) is 1. The molecule has 0 saturated carbocycles. The Morgan fingerprint density at radius 1 is 1.47 bits per heavy atom. The Bertz CT molecular complexity index is 458. The fraction of sp³-hybridized carbons (Fsp3) is 0.692. The lowest BCUT2D eigenvalue weighted by molar-refractivity contribution is 0.0735. The van der Waals surface area contributed by atoms with Gasteiger partial charge in [0, 0.05) is 31.9 Å². The van der Waals surface area contributed by atoms with Crippen LogP contribution in [-0.4, -0.2) is 46.8 Å². The number of aryl methyl sites for hydroxylation is 2. The summed E-state index contributed by atoms with van der Waals surface area (Å²) in [7, 11) is 3.82. The number of aromatic nitrogens is 2. The van der Waals surface area contributed by atoms with Gasteiger partial charge in [0.1, 0.15) is 0 Å². The Balaban J connectivity index is 0.00000180. The van der Waals surface area contributed by atoms with E-state index in [1.54, 1.807) is 4.68 Å². The third kappa shape index (κ3) is 2.92. The fourth-order valence-corrected chi connectivity index (χ4v) is 2.78. The van der Waals surface area contributed by atoms with Crippen molar-refractivity contribution in [3.05, 3.63) is 17.0 Å². The second-order valence-corrected chi connectivity index (χ2v) is 5.02. The van der Waals surface area contributed by atoms with Crippen molar-refractivity contribution in [2.45, 2.75) is 32.7 Å². The number of halogens is 1. The first kappa shape index (κ1) is 16.0. The van der Waals surface area contributed by atoms with E-state index in [4.69, 9.17) is 0 Å². The lowest BCUT2D eigenvalue weighted by Crippen LogP contribution is -2.41. The summed E-state index contributed by atoms with van der Waals surface area (Å²) in [6.45, 7) is 5.59. The van der Waals surface area contributed by atoms with Crippen molar-refractivity contribution >= 4 is 18.3 Å². The second kappa shape index (κ2) is 6.39. The van der Waals surface area contributed by atoms with Gasteiger partial charge in [-0.25, -0.2) is 0 Å². The van der Waals surface area contributed by atoms with Crippen molar-refractivity contribution in [3.63, 3.8) is 0 Å². The van der Waals surface area contributed by atoms with Gasteiger partial charge in [0.05, 0.1) is 11.3 Å². The van der Waals surface area contributed by atoms with Gasteiger partial charge in [0.15, 0.2) is 0 Å². The van der Waals surface area contributed by atoms with E-state index >= 15 is 0 Å². The summed E-state index contributed by atoms with van der Waals surface area (Å²) in [6.07, 6.45) is 2.18. The highest BCUT2D eigenvalue weighted by atomic mass is 35.5. The predicted octanol–water partition coefficient (Wildman–Crippen LogP) is 1.28. The summed E-state index contributed by atoms with van der Waals surface area (Å²) in [5.74, 6) is 0.135. The van der Waals surface area contributed by atoms with Gasteiger partial charge in [-0.1, -0.05) is 0 Å². The molecule has 1 amide bonds. The van der Waals surface area contributed by atoms with Crippen LogP contribution in [0.4, 0.5) is 0 Å². The molecule has 2 rings (SSSR count). The van der Waals surface area contributed by atoms with Crippen LogP contribution < -0.4 is 5.32 Å². The first-order chi connectivity index (χ1) is 8.56. The molecule has 1 unspecified atom stereocenters. The number of likely N-dealkylation sites (tertiary alicyclic amines) is 1. The highest BCUT2D eigenvalue weighted by Crippen LogP contribution is 2.22. The predicted molar refractivity (Wildman–Crippen MR) is 77.9 cm³/mol. The van der Waals surface area contributed by atoms with Gasteiger partial charge < -0.3 is 10.2 Å². The molecule has 1 saturated heterocycles. The first-order valence-corrected chi connectivity index (χ1v) is 6.52. The van der Waals surface area contributed by atoms with Gasteiger partial charge in [-0.15, -0.1) is 12.4 Å². The Kier molecular flexibility index (Phi) is 5.38. The van der Waals surface area contributed by atoms with Crippen LogP contribution in [0.3, 0.4) is 0 Å². The number of nitrogens with zero attached hydrogens (tertiary/aromatic N) is 3. The molecule has 1 aromatic heterocycles. The third-order valence-electron chi connectivity index (χ3n) is 3.80. The molecule has 1 atom stereocenters. The smallest absolute Gasteiger partial charge is 0.257 e. The molecule has 1 N–H and O–H groups in total. The van der Waals surface area contributed by atoms with Gasteiger partial charge in [-0.2, -0.15) is 5.10 Å². The zero-order chi connectivity index (χ0) is 13.3. The van der Waals surface area contributed by atoms with Crippen LogP contribution in [0.15, 0.2) is 0 Å². The molecule has 2 heterocycles. The zero-order valence-electron chi connectivity index (χ0n) is 12.1. The van der Waals surface area contributed by atoms with Crippen LogP contribution in [0.25, 0.3) is 0 Å². The minimum absolute atomic E-state index is 0. The number of amides is 1. The fourth-order valence-electron chi connectivity index (χ4n) is 2.78. The summed E-state index contributed by atoms with van der Waals surface area (Å²) in [4.78, 5) is 14.6. The summed E-state index contributed by atoms with van der Waals surface area (Å²) in [6, 6.07) is 0.321. The number of hydrogen-bond acceptors (Lipinski definition) is 3. The number of rotatable bonds is 3. The molecule has 1 aliphatic rings. The van der Waals surface area contributed by atoms with Crippen LogP contribution in [0.2, 0.25) is 0 Å². The first-order valence-electron chi connectivity index (χ1n) is 6.52. The maximum Gasteiger partial charge on any atom is 0.257 e. The SMILES string of the molecule is CNCC1CCCN1C(=O)c1c(C)nn(C)c1C.Cl. The van der Waals surface area contributed by atoms with E-state index in [0.717, 1.165) is 42.9 Å². The highest BCUT2D eigenvalue weighted by Gasteiger charge is 2.31. The molecule has 1 fully saturated rings. The number of likely N-dealkylation sites (N-methyl/N-ethyl adjacent to an activating group) is 1. The average Bonchev–Trinajstić information content (AvgIpc) is 2.86. The molecule has 108 valence electrons. The Labute approximate surface area is 120 Å². The van der Waals surface area contributed by atoms with Gasteiger partial charge in [0.25, 0.3) is 5.91 Å². The van der Waals surface area contributed by atoms with E-state index in [-0.39, 0.29) is 18.3 Å². The Hall–Kier alpha value is -1.07. The van der Waals surface area contributed by atoms with Crippen molar-refractivity contribution in [2.75, 3.05) is 20.1 Å². The number of carbonyl (C=O) groups excluding carboxylic acids is 1. The Morgan fingerprint density at radius 2 is 2.16 bits per heavy atom. The van der Waals surface area contributed by atoms with Crippen LogP contribution in [-0.2, 0) is 7.05 Å². The van der Waals surface area contributed by atoms with Crippen molar-refractivity contribution < 1.29 is 4.79 Å². The molecule has 0 bridgehead atoms. The van der Waals surface area contributed by atoms with Crippen molar-refractivity contribution in [1.82, 2.24) is 20.0 Å². The largest absolute Gasteiger partial charge is 0.334 e. The van der Waals surface area contributed by atoms with Crippen molar-refractivity contribution in [1.29, 1.82) is 0 Å². The van der Waals surface area contributed by atoms with Crippen LogP contribution >= 0.6 is 12.4 Å². The van der Waals surface area contributed by atoms with Crippen molar-refractivity contribution in [3.8, 4) is 0 Å². The monoisotopic (exact) mass is 286 g/mol. The van der Waals surface area contributed by atoms with E-state index in [2.05, 4.69) is 10.4 Å². The molecule has 6 heteroatoms. The van der Waals surface area contributed by atoms with E-state index in [9.17, 15) is 4.79 Å². The molecule has 0 radical (unpaired) electrons. The molecule has 0 aromatic carbocycles. The topological polar surface area (TPSA) is 50.2 Å². The molecular weight excluding hydrogens is 264 g/mol. The zero-order valence-corrected chi connectivity index (χ0v) is 12.9. The summed E-state index contributed by atoms with van der Waals surface area (Å²) >= 11 is 0. The van der Waals surface area contributed by atoms with Gasteiger partial charge >= 0.3 is 0 Å². The molecule has 5 nitrogen and oxygen atoms in total. The lowest BCUT2D eigenvalue weighted by atomic mass is 10.1. The number of nitrogens with one attached hydrogen (secondary N) is 1. The minimum Gasteiger partial charge on any atom is -0.334 e. The van der Waals surface area contributed by atoms with Gasteiger partial charge in [-0.3, -0.25) is 9.48 Å². The van der Waals surface area contributed by atoms with Gasteiger partial charge in [-0.05, 0) is 33.7 Å². The standard InChI is InChI=1S/C13H22N4O.ClH/c1-9-12(10(2)16(4)15-9)13(18)17-7-5-6-11(17)8-14-3;/h11,14H,5-8H2,1-4H3;1H. The molecule has 0 spiro atoms. The third-order valence-corrected chi connectivity index (χ3v) is 3.80. The quantitative estimate of drug-likeness (QED) is 0.911. The normalized spacial score (nSPS) is 18.5. The van der Waals surface area contributed by atoms with Crippen LogP contribution in [0, 0.1) is 13.8 Å². The molecular formula is C13H23ClN4O. The van der Waals surface area contributed by atoms with E-state index < -0.39 is 0 Å². The average molecular weight is 287 g/mol. The summed E-state index contributed by atoms with van der Waals surface area (Å²) in [5.41, 5.74) is 2.56. The molecule has 0 aliphatic carbocycles. The van der Waals surface area contributed by atoms with Crippen molar-refractivity contribution in [2.24, 2.45) is 7.05 Å². The van der Waals surface area contributed by atoms with Crippen LogP contribution in [0.5, 0.6) is 0 Å². The highest BCUT2D eigenvalue weighted by molar-refractivity contribution is 5.96. The maximum atomic E-state index is 12.6. The van der Waals surface area contributed by atoms with E-state index in [1.807, 2.05) is 32.8 Å². The van der Waals surface area contributed by atoms with Gasteiger partial charge in [0.2, 0.25) is 0 Å².